The molecule has 7 heteroatoms. The fourth-order valence-electron chi connectivity index (χ4n) is 3.51. The third-order valence-electron chi connectivity index (χ3n) is 4.94. The van der Waals surface area contributed by atoms with Crippen molar-refractivity contribution in [3.05, 3.63) is 29.8 Å². The summed E-state index contributed by atoms with van der Waals surface area (Å²) in [5.41, 5.74) is 6.44. The van der Waals surface area contributed by atoms with Crippen LogP contribution in [0.3, 0.4) is 0 Å². The molecule has 132 valence electrons. The Morgan fingerprint density at radius 2 is 1.79 bits per heavy atom. The fraction of sp³-hybridized carbons (Fsp3) is 0.588. The van der Waals surface area contributed by atoms with Gasteiger partial charge >= 0.3 is 0 Å². The molecular formula is C17H24N2O4S. The Morgan fingerprint density at radius 1 is 1.12 bits per heavy atom. The van der Waals surface area contributed by atoms with Crippen LogP contribution in [-0.2, 0) is 19.6 Å². The minimum Gasteiger partial charge on any atom is -0.367 e. The number of carbonyl (C=O) groups is 1. The number of primary amides is 1. The van der Waals surface area contributed by atoms with Gasteiger partial charge in [-0.05, 0) is 36.5 Å². The second kappa shape index (κ2) is 7.21. The standard InChI is InChI=1S/C17H24N2O4S/c18-17(20)16-12-19(10-11-23-16)24(21,22)15-8-6-14(7-9-15)13-4-2-1-3-5-13/h6-9,13,16H,1-5,10-12H2,(H2,18,20)/t16-/m1/s1. The Labute approximate surface area is 143 Å². The number of rotatable bonds is 4. The lowest BCUT2D eigenvalue weighted by Gasteiger charge is -2.30. The molecule has 1 aromatic carbocycles. The van der Waals surface area contributed by atoms with E-state index < -0.39 is 22.0 Å². The van der Waals surface area contributed by atoms with Crippen LogP contribution in [0.1, 0.15) is 43.6 Å². The summed E-state index contributed by atoms with van der Waals surface area (Å²) in [6.07, 6.45) is 5.25. The summed E-state index contributed by atoms with van der Waals surface area (Å²) in [6, 6.07) is 7.20. The molecule has 0 unspecified atom stereocenters. The van der Waals surface area contributed by atoms with Crippen molar-refractivity contribution in [3.63, 3.8) is 0 Å². The van der Waals surface area contributed by atoms with E-state index in [0.29, 0.717) is 5.92 Å². The number of hydrogen-bond donors (Lipinski definition) is 1. The van der Waals surface area contributed by atoms with Gasteiger partial charge in [-0.3, -0.25) is 4.79 Å². The highest BCUT2D eigenvalue weighted by molar-refractivity contribution is 7.89. The number of nitrogens with two attached hydrogens (primary N) is 1. The van der Waals surface area contributed by atoms with E-state index in [9.17, 15) is 13.2 Å². The normalized spacial score (nSPS) is 23.9. The van der Waals surface area contributed by atoms with Gasteiger partial charge in [0, 0.05) is 13.1 Å². The zero-order valence-corrected chi connectivity index (χ0v) is 14.5. The summed E-state index contributed by atoms with van der Waals surface area (Å²) in [5, 5.41) is 0. The minimum atomic E-state index is -3.63. The number of amides is 1. The summed E-state index contributed by atoms with van der Waals surface area (Å²) < 4.78 is 32.0. The van der Waals surface area contributed by atoms with Crippen molar-refractivity contribution in [1.82, 2.24) is 4.31 Å². The van der Waals surface area contributed by atoms with Gasteiger partial charge < -0.3 is 10.5 Å². The molecule has 1 aliphatic heterocycles. The fourth-order valence-corrected chi connectivity index (χ4v) is 4.94. The number of ether oxygens (including phenoxy) is 1. The van der Waals surface area contributed by atoms with E-state index in [0.717, 1.165) is 0 Å². The van der Waals surface area contributed by atoms with Crippen LogP contribution < -0.4 is 5.73 Å². The second-order valence-corrected chi connectivity index (χ2v) is 8.47. The lowest BCUT2D eigenvalue weighted by Crippen LogP contribution is -2.50. The molecule has 1 saturated carbocycles. The summed E-state index contributed by atoms with van der Waals surface area (Å²) in [7, 11) is -3.63. The SMILES string of the molecule is NC(=O)[C@H]1CN(S(=O)(=O)c2ccc(C3CCCCC3)cc2)CCO1. The monoisotopic (exact) mass is 352 g/mol. The van der Waals surface area contributed by atoms with Gasteiger partial charge in [-0.25, -0.2) is 8.42 Å². The molecule has 2 aliphatic rings. The maximum atomic E-state index is 12.8. The molecular weight excluding hydrogens is 328 g/mol. The third kappa shape index (κ3) is 3.63. The van der Waals surface area contributed by atoms with E-state index in [1.54, 1.807) is 12.1 Å². The van der Waals surface area contributed by atoms with Crippen molar-refractivity contribution in [2.75, 3.05) is 19.7 Å². The molecule has 24 heavy (non-hydrogen) atoms. The molecule has 2 N–H and O–H groups in total. The molecule has 1 saturated heterocycles. The largest absolute Gasteiger partial charge is 0.367 e. The smallest absolute Gasteiger partial charge is 0.247 e. The van der Waals surface area contributed by atoms with Crippen molar-refractivity contribution >= 4 is 15.9 Å². The molecule has 3 rings (SSSR count). The quantitative estimate of drug-likeness (QED) is 0.891. The molecule has 1 atom stereocenters. The van der Waals surface area contributed by atoms with Crippen molar-refractivity contribution in [3.8, 4) is 0 Å². The molecule has 6 nitrogen and oxygen atoms in total. The van der Waals surface area contributed by atoms with E-state index in [1.807, 2.05) is 12.1 Å². The lowest BCUT2D eigenvalue weighted by atomic mass is 9.84. The van der Waals surface area contributed by atoms with Gasteiger partial charge in [0.2, 0.25) is 15.9 Å². The number of morpholine rings is 1. The third-order valence-corrected chi connectivity index (χ3v) is 6.82. The molecule has 1 heterocycles. The second-order valence-electron chi connectivity index (χ2n) is 6.53. The van der Waals surface area contributed by atoms with Crippen molar-refractivity contribution in [2.24, 2.45) is 5.73 Å². The molecule has 1 aliphatic carbocycles. The Balaban J connectivity index is 1.75. The van der Waals surface area contributed by atoms with Gasteiger partial charge in [-0.15, -0.1) is 0 Å². The van der Waals surface area contributed by atoms with Gasteiger partial charge in [0.15, 0.2) is 0 Å². The van der Waals surface area contributed by atoms with E-state index in [2.05, 4.69) is 0 Å². The summed E-state index contributed by atoms with van der Waals surface area (Å²) >= 11 is 0. The zero-order valence-electron chi connectivity index (χ0n) is 13.7. The van der Waals surface area contributed by atoms with Crippen LogP contribution >= 0.6 is 0 Å². The van der Waals surface area contributed by atoms with Gasteiger partial charge in [0.05, 0.1) is 11.5 Å². The van der Waals surface area contributed by atoms with E-state index in [1.165, 1.54) is 42.0 Å². The Bertz CT molecular complexity index is 681. The highest BCUT2D eigenvalue weighted by Crippen LogP contribution is 2.33. The van der Waals surface area contributed by atoms with Crippen LogP contribution in [0.15, 0.2) is 29.2 Å². The first-order valence-electron chi connectivity index (χ1n) is 8.49. The first-order valence-corrected chi connectivity index (χ1v) is 9.93. The van der Waals surface area contributed by atoms with Crippen LogP contribution in [0, 0.1) is 0 Å². The first kappa shape index (κ1) is 17.4. The lowest BCUT2D eigenvalue weighted by molar-refractivity contribution is -0.132. The molecule has 2 fully saturated rings. The van der Waals surface area contributed by atoms with Crippen molar-refractivity contribution < 1.29 is 17.9 Å². The van der Waals surface area contributed by atoms with E-state index in [-0.39, 0.29) is 24.6 Å². The van der Waals surface area contributed by atoms with Crippen LogP contribution in [0.5, 0.6) is 0 Å². The van der Waals surface area contributed by atoms with E-state index >= 15 is 0 Å². The summed E-state index contributed by atoms with van der Waals surface area (Å²) in [4.78, 5) is 11.5. The van der Waals surface area contributed by atoms with Gasteiger partial charge in [0.1, 0.15) is 6.10 Å². The van der Waals surface area contributed by atoms with Crippen molar-refractivity contribution in [2.45, 2.75) is 49.0 Å². The van der Waals surface area contributed by atoms with Crippen LogP contribution in [0.2, 0.25) is 0 Å². The summed E-state index contributed by atoms with van der Waals surface area (Å²) in [6.45, 7) is 0.380. The Kier molecular flexibility index (Phi) is 5.22. The molecule has 0 bridgehead atoms. The molecule has 0 spiro atoms. The van der Waals surface area contributed by atoms with Gasteiger partial charge in [-0.2, -0.15) is 4.31 Å². The highest BCUT2D eigenvalue weighted by Gasteiger charge is 2.33. The number of carbonyl (C=O) groups excluding carboxylic acids is 1. The Hall–Kier alpha value is -1.44. The molecule has 0 radical (unpaired) electrons. The summed E-state index contributed by atoms with van der Waals surface area (Å²) in [5.74, 6) is -0.0966. The Morgan fingerprint density at radius 3 is 2.42 bits per heavy atom. The van der Waals surface area contributed by atoms with Gasteiger partial charge in [-0.1, -0.05) is 31.4 Å². The zero-order chi connectivity index (χ0) is 17.2. The predicted molar refractivity (Wildman–Crippen MR) is 90.0 cm³/mol. The van der Waals surface area contributed by atoms with Crippen LogP contribution in [0.25, 0.3) is 0 Å². The van der Waals surface area contributed by atoms with E-state index in [4.69, 9.17) is 10.5 Å². The van der Waals surface area contributed by atoms with Gasteiger partial charge in [0.25, 0.3) is 0 Å². The molecule has 1 amide bonds. The predicted octanol–water partition coefficient (Wildman–Crippen LogP) is 1.61. The number of hydrogen-bond acceptors (Lipinski definition) is 4. The average Bonchev–Trinajstić information content (AvgIpc) is 2.62. The maximum Gasteiger partial charge on any atom is 0.247 e. The van der Waals surface area contributed by atoms with Crippen LogP contribution in [-0.4, -0.2) is 44.4 Å². The first-order chi connectivity index (χ1) is 11.5. The topological polar surface area (TPSA) is 89.7 Å². The number of nitrogens with zero attached hydrogens (tertiary/aromatic N) is 1. The number of benzene rings is 1. The molecule has 0 aromatic heterocycles. The average molecular weight is 352 g/mol. The highest BCUT2D eigenvalue weighted by atomic mass is 32.2. The minimum absolute atomic E-state index is 0.0258. The van der Waals surface area contributed by atoms with Crippen molar-refractivity contribution in [1.29, 1.82) is 0 Å². The molecule has 1 aromatic rings. The van der Waals surface area contributed by atoms with Crippen LogP contribution in [0.4, 0.5) is 0 Å². The maximum absolute atomic E-state index is 12.8. The number of sulfonamides is 1.